The minimum atomic E-state index is -3.17. The summed E-state index contributed by atoms with van der Waals surface area (Å²) in [5, 5.41) is 10.5. The van der Waals surface area contributed by atoms with Crippen LogP contribution in [0.15, 0.2) is 16.6 Å². The van der Waals surface area contributed by atoms with Crippen molar-refractivity contribution in [3.8, 4) is 11.8 Å². The van der Waals surface area contributed by atoms with E-state index in [2.05, 4.69) is 26.0 Å². The molecule has 1 aromatic rings. The van der Waals surface area contributed by atoms with Gasteiger partial charge in [-0.15, -0.1) is 0 Å². The first-order chi connectivity index (χ1) is 8.45. The Morgan fingerprint density at radius 2 is 2.22 bits per heavy atom. The molecule has 0 fully saturated rings. The van der Waals surface area contributed by atoms with Crippen LogP contribution in [0, 0.1) is 17.1 Å². The molecule has 0 aliphatic heterocycles. The number of rotatable bonds is 4. The van der Waals surface area contributed by atoms with Gasteiger partial charge >= 0.3 is 6.61 Å². The van der Waals surface area contributed by atoms with E-state index in [1.54, 1.807) is 6.07 Å². The van der Waals surface area contributed by atoms with Gasteiger partial charge in [0.05, 0.1) is 16.2 Å². The second-order valence-electron chi connectivity index (χ2n) is 3.00. The van der Waals surface area contributed by atoms with Gasteiger partial charge in [-0.05, 0) is 28.1 Å². The van der Waals surface area contributed by atoms with Gasteiger partial charge in [0.15, 0.2) is 5.75 Å². The molecule has 1 amide bonds. The molecule has 0 unspecified atom stereocenters. The van der Waals surface area contributed by atoms with Crippen molar-refractivity contribution in [3.63, 3.8) is 0 Å². The largest absolute Gasteiger partial charge is 0.431 e. The van der Waals surface area contributed by atoms with Crippen molar-refractivity contribution in [3.05, 3.63) is 22.4 Å². The Labute approximate surface area is 108 Å². The van der Waals surface area contributed by atoms with Crippen molar-refractivity contribution in [2.45, 2.75) is 13.0 Å². The standard InChI is InChI=1S/C10H6BrF3N2O2/c11-8-5(12)1-2-6(9(8)18-10(13)14)16-7(17)3-4-15/h1-2,10H,3H2,(H,16,17). The average molecular weight is 323 g/mol. The summed E-state index contributed by atoms with van der Waals surface area (Å²) in [5.41, 5.74) is -0.149. The Bertz CT molecular complexity index is 503. The van der Waals surface area contributed by atoms with E-state index in [0.29, 0.717) is 0 Å². The molecule has 0 spiro atoms. The van der Waals surface area contributed by atoms with Crippen LogP contribution in [0.4, 0.5) is 18.9 Å². The molecule has 0 aliphatic carbocycles. The zero-order chi connectivity index (χ0) is 13.7. The summed E-state index contributed by atoms with van der Waals surface area (Å²) in [7, 11) is 0. The quantitative estimate of drug-likeness (QED) is 0.926. The highest BCUT2D eigenvalue weighted by Crippen LogP contribution is 2.36. The molecule has 1 aromatic carbocycles. The highest BCUT2D eigenvalue weighted by atomic mass is 79.9. The molecular weight excluding hydrogens is 317 g/mol. The minimum Gasteiger partial charge on any atom is -0.431 e. The van der Waals surface area contributed by atoms with Gasteiger partial charge in [-0.2, -0.15) is 14.0 Å². The Balaban J connectivity index is 3.07. The van der Waals surface area contributed by atoms with Crippen molar-refractivity contribution >= 4 is 27.5 Å². The van der Waals surface area contributed by atoms with E-state index in [4.69, 9.17) is 5.26 Å². The summed E-state index contributed by atoms with van der Waals surface area (Å²) >= 11 is 2.74. The number of hydrogen-bond acceptors (Lipinski definition) is 3. The fraction of sp³-hybridized carbons (Fsp3) is 0.200. The van der Waals surface area contributed by atoms with E-state index in [-0.39, 0.29) is 10.2 Å². The number of benzene rings is 1. The van der Waals surface area contributed by atoms with Crippen LogP contribution in [0.25, 0.3) is 0 Å². The molecule has 4 nitrogen and oxygen atoms in total. The Morgan fingerprint density at radius 3 is 2.78 bits per heavy atom. The maximum absolute atomic E-state index is 13.2. The number of alkyl halides is 2. The van der Waals surface area contributed by atoms with Crippen LogP contribution in [0.3, 0.4) is 0 Å². The molecule has 0 atom stereocenters. The van der Waals surface area contributed by atoms with E-state index in [1.807, 2.05) is 0 Å². The predicted molar refractivity (Wildman–Crippen MR) is 59.6 cm³/mol. The summed E-state index contributed by atoms with van der Waals surface area (Å²) < 4.78 is 41.3. The number of carbonyl (C=O) groups excluding carboxylic acids is 1. The molecule has 0 heterocycles. The minimum absolute atomic E-state index is 0.149. The van der Waals surface area contributed by atoms with Crippen LogP contribution in [0.1, 0.15) is 6.42 Å². The highest BCUT2D eigenvalue weighted by Gasteiger charge is 2.18. The van der Waals surface area contributed by atoms with Gasteiger partial charge < -0.3 is 10.1 Å². The fourth-order valence-electron chi connectivity index (χ4n) is 1.10. The summed E-state index contributed by atoms with van der Waals surface area (Å²) in [6, 6.07) is 3.61. The number of halogens is 4. The summed E-state index contributed by atoms with van der Waals surface area (Å²) in [6.07, 6.45) is -0.455. The van der Waals surface area contributed by atoms with Crippen molar-refractivity contribution in [2.75, 3.05) is 5.32 Å². The number of hydrogen-bond donors (Lipinski definition) is 1. The molecular formula is C10H6BrF3N2O2. The van der Waals surface area contributed by atoms with Gasteiger partial charge in [0.25, 0.3) is 0 Å². The number of ether oxygens (including phenoxy) is 1. The van der Waals surface area contributed by atoms with Crippen molar-refractivity contribution in [1.82, 2.24) is 0 Å². The topological polar surface area (TPSA) is 62.1 Å². The maximum atomic E-state index is 13.2. The van der Waals surface area contributed by atoms with Crippen molar-refractivity contribution in [1.29, 1.82) is 5.26 Å². The molecule has 96 valence electrons. The average Bonchev–Trinajstić information content (AvgIpc) is 2.28. The van der Waals surface area contributed by atoms with E-state index in [9.17, 15) is 18.0 Å². The third-order valence-corrected chi connectivity index (χ3v) is 2.51. The zero-order valence-electron chi connectivity index (χ0n) is 8.71. The van der Waals surface area contributed by atoms with Gasteiger partial charge in [0.2, 0.25) is 5.91 Å². The van der Waals surface area contributed by atoms with Gasteiger partial charge in [-0.1, -0.05) is 0 Å². The Kier molecular flexibility index (Phi) is 4.97. The molecule has 0 radical (unpaired) electrons. The number of anilines is 1. The fourth-order valence-corrected chi connectivity index (χ4v) is 1.54. The zero-order valence-corrected chi connectivity index (χ0v) is 10.3. The van der Waals surface area contributed by atoms with E-state index < -0.39 is 30.5 Å². The lowest BCUT2D eigenvalue weighted by molar-refractivity contribution is -0.115. The van der Waals surface area contributed by atoms with Crippen LogP contribution in [-0.2, 0) is 4.79 Å². The second-order valence-corrected chi connectivity index (χ2v) is 3.79. The van der Waals surface area contributed by atoms with Gasteiger partial charge in [0, 0.05) is 0 Å². The lowest BCUT2D eigenvalue weighted by Gasteiger charge is -2.13. The molecule has 0 aromatic heterocycles. The predicted octanol–water partition coefficient (Wildman–Crippen LogP) is 3.04. The molecule has 0 bridgehead atoms. The van der Waals surface area contributed by atoms with Gasteiger partial charge in [-0.3, -0.25) is 4.79 Å². The van der Waals surface area contributed by atoms with Crippen LogP contribution in [0.5, 0.6) is 5.75 Å². The first-order valence-electron chi connectivity index (χ1n) is 4.55. The smallest absolute Gasteiger partial charge is 0.387 e. The first kappa shape index (κ1) is 14.3. The number of nitriles is 1. The van der Waals surface area contributed by atoms with Crippen LogP contribution >= 0.6 is 15.9 Å². The third kappa shape index (κ3) is 3.63. The lowest BCUT2D eigenvalue weighted by atomic mass is 10.2. The van der Waals surface area contributed by atoms with Crippen molar-refractivity contribution < 1.29 is 22.7 Å². The van der Waals surface area contributed by atoms with Gasteiger partial charge in [-0.25, -0.2) is 4.39 Å². The summed E-state index contributed by atoms with van der Waals surface area (Å²) in [5.74, 6) is -2.06. The molecule has 0 saturated heterocycles. The van der Waals surface area contributed by atoms with Crippen LogP contribution < -0.4 is 10.1 Å². The Hall–Kier alpha value is -1.75. The Morgan fingerprint density at radius 1 is 1.56 bits per heavy atom. The normalized spacial score (nSPS) is 10.0. The number of amides is 1. The number of nitrogens with zero attached hydrogens (tertiary/aromatic N) is 1. The maximum Gasteiger partial charge on any atom is 0.387 e. The van der Waals surface area contributed by atoms with E-state index >= 15 is 0 Å². The number of nitrogens with one attached hydrogen (secondary N) is 1. The molecule has 18 heavy (non-hydrogen) atoms. The second kappa shape index (κ2) is 6.26. The molecule has 1 rings (SSSR count). The van der Waals surface area contributed by atoms with E-state index in [1.165, 1.54) is 0 Å². The monoisotopic (exact) mass is 322 g/mol. The lowest BCUT2D eigenvalue weighted by Crippen LogP contribution is -2.13. The SMILES string of the molecule is N#CCC(=O)Nc1ccc(F)c(Br)c1OC(F)F. The first-order valence-corrected chi connectivity index (χ1v) is 5.34. The van der Waals surface area contributed by atoms with E-state index in [0.717, 1.165) is 12.1 Å². The third-order valence-electron chi connectivity index (χ3n) is 1.77. The summed E-state index contributed by atoms with van der Waals surface area (Å²) in [6.45, 7) is -3.17. The highest BCUT2D eigenvalue weighted by molar-refractivity contribution is 9.10. The van der Waals surface area contributed by atoms with Crippen molar-refractivity contribution in [2.24, 2.45) is 0 Å². The van der Waals surface area contributed by atoms with Crippen LogP contribution in [0.2, 0.25) is 0 Å². The molecule has 0 saturated carbocycles. The molecule has 1 N–H and O–H groups in total. The molecule has 0 aliphatic rings. The summed E-state index contributed by atoms with van der Waals surface area (Å²) in [4.78, 5) is 11.2. The van der Waals surface area contributed by atoms with Gasteiger partial charge in [0.1, 0.15) is 12.2 Å². The number of carbonyl (C=O) groups is 1. The molecule has 8 heteroatoms. The van der Waals surface area contributed by atoms with Crippen LogP contribution in [-0.4, -0.2) is 12.5 Å².